The summed E-state index contributed by atoms with van der Waals surface area (Å²) in [6.07, 6.45) is 2.76. The normalized spacial score (nSPS) is 15.3. The Labute approximate surface area is 211 Å². The number of esters is 1. The predicted octanol–water partition coefficient (Wildman–Crippen LogP) is 7.94. The lowest BCUT2D eigenvalue weighted by atomic mass is 9.90. The molecule has 1 aliphatic carbocycles. The standard InChI is InChI=1S/C29H25F5O3/c1-3-14-36-24-13-12-21(26(32)28(24)34)18-7-11-20(23(30)15-18)17-5-8-19(9-6-17)37-29(35)22-10-4-16(2)25(31)27(22)33/h4-5,7,10-13,15,19H,3,6,8-9,14H2,1-2H3. The van der Waals surface area contributed by atoms with Crippen molar-refractivity contribution in [3.63, 3.8) is 0 Å². The first kappa shape index (κ1) is 26.4. The molecule has 1 aliphatic rings. The van der Waals surface area contributed by atoms with Crippen LogP contribution in [0.1, 0.15) is 54.1 Å². The number of benzene rings is 3. The maximum absolute atomic E-state index is 15.0. The summed E-state index contributed by atoms with van der Waals surface area (Å²) in [7, 11) is 0. The van der Waals surface area contributed by atoms with Crippen LogP contribution in [0.2, 0.25) is 0 Å². The molecule has 3 nitrogen and oxygen atoms in total. The average molecular weight is 517 g/mol. The van der Waals surface area contributed by atoms with E-state index in [1.165, 1.54) is 43.3 Å². The quantitative estimate of drug-likeness (QED) is 0.236. The number of halogens is 5. The fourth-order valence-electron chi connectivity index (χ4n) is 4.20. The second-order valence-electron chi connectivity index (χ2n) is 8.87. The minimum Gasteiger partial charge on any atom is -0.490 e. The molecule has 0 N–H and O–H groups in total. The lowest BCUT2D eigenvalue weighted by molar-refractivity contribution is 0.0279. The van der Waals surface area contributed by atoms with Gasteiger partial charge < -0.3 is 9.47 Å². The summed E-state index contributed by atoms with van der Waals surface area (Å²) in [5.74, 6) is -6.36. The van der Waals surface area contributed by atoms with Crippen molar-refractivity contribution in [2.75, 3.05) is 6.61 Å². The van der Waals surface area contributed by atoms with Crippen molar-refractivity contribution >= 4 is 11.5 Å². The molecule has 4 rings (SSSR count). The van der Waals surface area contributed by atoms with Crippen molar-refractivity contribution in [3.8, 4) is 16.9 Å². The van der Waals surface area contributed by atoms with E-state index in [9.17, 15) is 26.7 Å². The summed E-state index contributed by atoms with van der Waals surface area (Å²) in [6.45, 7) is 3.48. The van der Waals surface area contributed by atoms with Gasteiger partial charge in [0, 0.05) is 17.5 Å². The fourth-order valence-corrected chi connectivity index (χ4v) is 4.20. The second kappa shape index (κ2) is 11.2. The number of carbonyl (C=O) groups excluding carboxylic acids is 1. The Bertz CT molecular complexity index is 1370. The molecular weight excluding hydrogens is 491 g/mol. The Balaban J connectivity index is 1.46. The zero-order valence-corrected chi connectivity index (χ0v) is 20.3. The van der Waals surface area contributed by atoms with Gasteiger partial charge in [0.1, 0.15) is 11.9 Å². The van der Waals surface area contributed by atoms with Gasteiger partial charge in [0.05, 0.1) is 12.2 Å². The van der Waals surface area contributed by atoms with Crippen LogP contribution in [-0.2, 0) is 4.74 Å². The van der Waals surface area contributed by atoms with Gasteiger partial charge in [-0.2, -0.15) is 4.39 Å². The summed E-state index contributed by atoms with van der Waals surface area (Å²) in [4.78, 5) is 12.3. The Morgan fingerprint density at radius 2 is 1.68 bits per heavy atom. The molecule has 0 heterocycles. The van der Waals surface area contributed by atoms with Crippen molar-refractivity contribution in [1.82, 2.24) is 0 Å². The van der Waals surface area contributed by atoms with Gasteiger partial charge in [-0.1, -0.05) is 31.2 Å². The Morgan fingerprint density at radius 3 is 2.35 bits per heavy atom. The largest absolute Gasteiger partial charge is 0.490 e. The molecule has 8 heteroatoms. The molecule has 0 bridgehead atoms. The third kappa shape index (κ3) is 5.53. The van der Waals surface area contributed by atoms with Gasteiger partial charge in [0.25, 0.3) is 0 Å². The van der Waals surface area contributed by atoms with Gasteiger partial charge >= 0.3 is 5.97 Å². The summed E-state index contributed by atoms with van der Waals surface area (Å²) in [6, 6.07) is 9.28. The summed E-state index contributed by atoms with van der Waals surface area (Å²) in [5.41, 5.74) is 0.653. The topological polar surface area (TPSA) is 35.5 Å². The molecule has 3 aromatic rings. The van der Waals surface area contributed by atoms with E-state index in [-0.39, 0.29) is 35.5 Å². The van der Waals surface area contributed by atoms with Crippen LogP contribution < -0.4 is 4.74 Å². The van der Waals surface area contributed by atoms with E-state index < -0.39 is 46.7 Å². The smallest absolute Gasteiger partial charge is 0.341 e. The maximum Gasteiger partial charge on any atom is 0.341 e. The highest BCUT2D eigenvalue weighted by atomic mass is 19.2. The van der Waals surface area contributed by atoms with Crippen molar-refractivity contribution in [2.24, 2.45) is 0 Å². The molecule has 0 aromatic heterocycles. The van der Waals surface area contributed by atoms with Crippen molar-refractivity contribution < 1.29 is 36.2 Å². The van der Waals surface area contributed by atoms with Crippen molar-refractivity contribution in [1.29, 1.82) is 0 Å². The Hall–Kier alpha value is -3.68. The molecule has 37 heavy (non-hydrogen) atoms. The van der Waals surface area contributed by atoms with Gasteiger partial charge in [0.2, 0.25) is 5.82 Å². The molecule has 0 aliphatic heterocycles. The van der Waals surface area contributed by atoms with Crippen molar-refractivity contribution in [3.05, 3.63) is 94.3 Å². The van der Waals surface area contributed by atoms with E-state index >= 15 is 0 Å². The summed E-state index contributed by atoms with van der Waals surface area (Å²) in [5, 5.41) is 0. The minimum atomic E-state index is -1.25. The van der Waals surface area contributed by atoms with Crippen LogP contribution >= 0.6 is 0 Å². The molecule has 0 amide bonds. The fraction of sp³-hybridized carbons (Fsp3) is 0.276. The van der Waals surface area contributed by atoms with Crippen LogP contribution in [0.4, 0.5) is 22.0 Å². The third-order valence-corrected chi connectivity index (χ3v) is 6.27. The molecule has 0 fully saturated rings. The zero-order valence-electron chi connectivity index (χ0n) is 20.3. The van der Waals surface area contributed by atoms with E-state index in [0.717, 1.165) is 6.07 Å². The molecule has 1 unspecified atom stereocenters. The SMILES string of the molecule is CCCOc1ccc(-c2ccc(C3=CCC(OC(=O)c4ccc(C)c(F)c4F)CC3)c(F)c2)c(F)c1F. The number of hydrogen-bond donors (Lipinski definition) is 0. The molecule has 0 saturated carbocycles. The molecule has 194 valence electrons. The van der Waals surface area contributed by atoms with Gasteiger partial charge in [-0.15, -0.1) is 0 Å². The molecule has 1 atom stereocenters. The number of rotatable bonds is 7. The molecule has 0 radical (unpaired) electrons. The molecule has 3 aromatic carbocycles. The summed E-state index contributed by atoms with van der Waals surface area (Å²) < 4.78 is 82.4. The van der Waals surface area contributed by atoms with E-state index in [1.807, 2.05) is 6.92 Å². The average Bonchev–Trinajstić information content (AvgIpc) is 2.88. The van der Waals surface area contributed by atoms with Crippen LogP contribution in [0.3, 0.4) is 0 Å². The highest BCUT2D eigenvalue weighted by Gasteiger charge is 2.25. The minimum absolute atomic E-state index is 0.0817. The van der Waals surface area contributed by atoms with Crippen molar-refractivity contribution in [2.45, 2.75) is 45.6 Å². The highest BCUT2D eigenvalue weighted by molar-refractivity contribution is 5.90. The van der Waals surface area contributed by atoms with Crippen LogP contribution in [0.15, 0.2) is 48.5 Å². The number of allylic oxidation sites excluding steroid dienone is 1. The molecule has 0 saturated heterocycles. The molecule has 0 spiro atoms. The van der Waals surface area contributed by atoms with E-state index in [1.54, 1.807) is 6.08 Å². The van der Waals surface area contributed by atoms with Crippen LogP contribution in [-0.4, -0.2) is 18.7 Å². The predicted molar refractivity (Wildman–Crippen MR) is 130 cm³/mol. The number of ether oxygens (including phenoxy) is 2. The van der Waals surface area contributed by atoms with Gasteiger partial charge in [-0.05, 0) is 67.2 Å². The molecular formula is C29H25F5O3. The van der Waals surface area contributed by atoms with Gasteiger partial charge in [-0.3, -0.25) is 0 Å². The third-order valence-electron chi connectivity index (χ3n) is 6.27. The van der Waals surface area contributed by atoms with E-state index in [4.69, 9.17) is 9.47 Å². The summed E-state index contributed by atoms with van der Waals surface area (Å²) >= 11 is 0. The highest BCUT2D eigenvalue weighted by Crippen LogP contribution is 2.35. The van der Waals surface area contributed by atoms with E-state index in [2.05, 4.69) is 0 Å². The first-order chi connectivity index (χ1) is 17.7. The number of hydrogen-bond acceptors (Lipinski definition) is 3. The lowest BCUT2D eigenvalue weighted by Crippen LogP contribution is -2.21. The Morgan fingerprint density at radius 1 is 0.919 bits per heavy atom. The monoisotopic (exact) mass is 516 g/mol. The van der Waals surface area contributed by atoms with Crippen LogP contribution in [0, 0.1) is 36.0 Å². The second-order valence-corrected chi connectivity index (χ2v) is 8.87. The first-order valence-corrected chi connectivity index (χ1v) is 12.0. The first-order valence-electron chi connectivity index (χ1n) is 12.0. The zero-order chi connectivity index (χ0) is 26.7. The Kier molecular flexibility index (Phi) is 7.95. The number of carbonyl (C=O) groups is 1. The van der Waals surface area contributed by atoms with Crippen LogP contribution in [0.5, 0.6) is 5.75 Å². The lowest BCUT2D eigenvalue weighted by Gasteiger charge is -2.23. The van der Waals surface area contributed by atoms with Gasteiger partial charge in [-0.25, -0.2) is 22.4 Å². The maximum atomic E-state index is 15.0. The number of aryl methyl sites for hydroxylation is 1. The van der Waals surface area contributed by atoms with E-state index in [0.29, 0.717) is 30.4 Å². The van der Waals surface area contributed by atoms with Crippen LogP contribution in [0.25, 0.3) is 16.7 Å². The van der Waals surface area contributed by atoms with Gasteiger partial charge in [0.15, 0.2) is 23.2 Å².